The van der Waals surface area contributed by atoms with E-state index in [9.17, 15) is 4.79 Å². The van der Waals surface area contributed by atoms with E-state index in [1.807, 2.05) is 48.5 Å². The summed E-state index contributed by atoms with van der Waals surface area (Å²) in [6, 6.07) is 15.8. The fraction of sp³-hybridized carbons (Fsp3) is 0.300. The van der Waals surface area contributed by atoms with E-state index in [0.29, 0.717) is 13.0 Å². The molecule has 3 N–H and O–H groups in total. The van der Waals surface area contributed by atoms with Gasteiger partial charge in [0.1, 0.15) is 12.4 Å². The van der Waals surface area contributed by atoms with Gasteiger partial charge in [0.25, 0.3) is 6.02 Å². The van der Waals surface area contributed by atoms with Gasteiger partial charge in [-0.1, -0.05) is 24.3 Å². The monoisotopic (exact) mass is 353 g/mol. The standard InChI is InChI=1S/C20H23N3O3/c1-25-18-10-5-15(6-11-18)12-19(24)22-16-7-2-14(3-8-16)4-9-17-13-26-20(21)23-17/h2-3,5-8,10-11,17H,4,9,12-13H2,1H3,(H2,21,23)(H,22,24)/t17-/m0/s1. The van der Waals surface area contributed by atoms with Crippen LogP contribution in [0, 0.1) is 0 Å². The van der Waals surface area contributed by atoms with E-state index >= 15 is 0 Å². The van der Waals surface area contributed by atoms with Crippen LogP contribution in [0.25, 0.3) is 0 Å². The second-order valence-corrected chi connectivity index (χ2v) is 6.24. The lowest BCUT2D eigenvalue weighted by Crippen LogP contribution is -2.14. The Morgan fingerprint density at radius 1 is 1.19 bits per heavy atom. The Morgan fingerprint density at radius 3 is 2.50 bits per heavy atom. The highest BCUT2D eigenvalue weighted by Crippen LogP contribution is 2.16. The van der Waals surface area contributed by atoms with E-state index in [4.69, 9.17) is 15.2 Å². The number of aliphatic imine (C=N–C) groups is 1. The number of hydrogen-bond acceptors (Lipinski definition) is 5. The number of nitrogens with one attached hydrogen (secondary N) is 1. The Morgan fingerprint density at radius 2 is 1.88 bits per heavy atom. The van der Waals surface area contributed by atoms with Crippen molar-refractivity contribution in [3.63, 3.8) is 0 Å². The summed E-state index contributed by atoms with van der Waals surface area (Å²) in [6.07, 6.45) is 2.11. The van der Waals surface area contributed by atoms with Crippen molar-refractivity contribution < 1.29 is 14.3 Å². The fourth-order valence-electron chi connectivity index (χ4n) is 2.81. The van der Waals surface area contributed by atoms with Gasteiger partial charge in [0, 0.05) is 5.69 Å². The normalized spacial score (nSPS) is 15.9. The first kappa shape index (κ1) is 17.8. The zero-order valence-corrected chi connectivity index (χ0v) is 14.8. The van der Waals surface area contributed by atoms with Gasteiger partial charge in [0.05, 0.1) is 19.6 Å². The molecular weight excluding hydrogens is 330 g/mol. The van der Waals surface area contributed by atoms with Crippen molar-refractivity contribution in [3.05, 3.63) is 59.7 Å². The predicted octanol–water partition coefficient (Wildman–Crippen LogP) is 2.52. The molecule has 0 aromatic heterocycles. The minimum absolute atomic E-state index is 0.0455. The van der Waals surface area contributed by atoms with Crippen LogP contribution in [0.15, 0.2) is 53.5 Å². The maximum Gasteiger partial charge on any atom is 0.282 e. The largest absolute Gasteiger partial charge is 0.497 e. The van der Waals surface area contributed by atoms with Gasteiger partial charge < -0.3 is 20.5 Å². The number of nitrogens with zero attached hydrogens (tertiary/aromatic N) is 1. The van der Waals surface area contributed by atoms with E-state index < -0.39 is 0 Å². The number of carbonyl (C=O) groups is 1. The summed E-state index contributed by atoms with van der Waals surface area (Å²) in [7, 11) is 1.62. The summed E-state index contributed by atoms with van der Waals surface area (Å²) in [5.41, 5.74) is 8.44. The number of amides is 1. The van der Waals surface area contributed by atoms with E-state index in [-0.39, 0.29) is 18.0 Å². The third-order valence-corrected chi connectivity index (χ3v) is 4.26. The zero-order chi connectivity index (χ0) is 18.4. The first-order valence-corrected chi connectivity index (χ1v) is 8.60. The number of carbonyl (C=O) groups excluding carboxylic acids is 1. The molecule has 0 spiro atoms. The van der Waals surface area contributed by atoms with Crippen LogP contribution in [-0.4, -0.2) is 31.7 Å². The highest BCUT2D eigenvalue weighted by molar-refractivity contribution is 5.92. The Hall–Kier alpha value is -3.02. The molecule has 0 saturated heterocycles. The molecule has 0 radical (unpaired) electrons. The molecule has 2 aromatic rings. The van der Waals surface area contributed by atoms with Crippen LogP contribution in [0.4, 0.5) is 5.69 Å². The molecule has 1 amide bonds. The number of ether oxygens (including phenoxy) is 2. The molecule has 1 aliphatic rings. The molecule has 1 aliphatic heterocycles. The summed E-state index contributed by atoms with van der Waals surface area (Å²) in [6.45, 7) is 0.561. The van der Waals surface area contributed by atoms with Crippen LogP contribution in [0.1, 0.15) is 17.5 Å². The Balaban J connectivity index is 1.47. The molecule has 2 aromatic carbocycles. The fourth-order valence-corrected chi connectivity index (χ4v) is 2.81. The molecule has 0 fully saturated rings. The van der Waals surface area contributed by atoms with Crippen LogP contribution >= 0.6 is 0 Å². The minimum atomic E-state index is -0.0455. The van der Waals surface area contributed by atoms with Crippen molar-refractivity contribution in [2.24, 2.45) is 10.7 Å². The van der Waals surface area contributed by atoms with E-state index in [2.05, 4.69) is 10.3 Å². The van der Waals surface area contributed by atoms with Crippen molar-refractivity contribution in [1.29, 1.82) is 0 Å². The maximum absolute atomic E-state index is 12.2. The molecule has 0 bridgehead atoms. The first-order valence-electron chi connectivity index (χ1n) is 8.60. The number of aryl methyl sites for hydroxylation is 1. The summed E-state index contributed by atoms with van der Waals surface area (Å²) in [4.78, 5) is 16.4. The molecule has 1 atom stereocenters. The number of rotatable bonds is 7. The number of benzene rings is 2. The summed E-state index contributed by atoms with van der Waals surface area (Å²) < 4.78 is 10.3. The number of nitrogens with two attached hydrogens (primary N) is 1. The highest BCUT2D eigenvalue weighted by Gasteiger charge is 2.16. The smallest absolute Gasteiger partial charge is 0.282 e. The number of amidine groups is 1. The lowest BCUT2D eigenvalue weighted by molar-refractivity contribution is -0.115. The van der Waals surface area contributed by atoms with E-state index in [1.54, 1.807) is 7.11 Å². The second kappa shape index (κ2) is 8.38. The number of hydrogen-bond donors (Lipinski definition) is 2. The topological polar surface area (TPSA) is 85.9 Å². The molecule has 6 heteroatoms. The molecule has 0 aliphatic carbocycles. The van der Waals surface area contributed by atoms with Gasteiger partial charge in [-0.05, 0) is 48.2 Å². The van der Waals surface area contributed by atoms with Gasteiger partial charge in [0.2, 0.25) is 5.91 Å². The van der Waals surface area contributed by atoms with Crippen LogP contribution < -0.4 is 15.8 Å². The molecule has 0 saturated carbocycles. The average molecular weight is 353 g/mol. The summed E-state index contributed by atoms with van der Waals surface area (Å²) in [5, 5.41) is 2.92. The maximum atomic E-state index is 12.2. The predicted molar refractivity (Wildman–Crippen MR) is 101 cm³/mol. The SMILES string of the molecule is COc1ccc(CC(=O)Nc2ccc(CC[C@H]3COC(N)=N3)cc2)cc1. The Kier molecular flexibility index (Phi) is 5.73. The van der Waals surface area contributed by atoms with Crippen LogP contribution in [0.3, 0.4) is 0 Å². The van der Waals surface area contributed by atoms with Crippen LogP contribution in [0.2, 0.25) is 0 Å². The molecule has 26 heavy (non-hydrogen) atoms. The summed E-state index contributed by atoms with van der Waals surface area (Å²) in [5.74, 6) is 0.734. The summed E-state index contributed by atoms with van der Waals surface area (Å²) >= 11 is 0. The zero-order valence-electron chi connectivity index (χ0n) is 14.8. The Labute approximate surface area is 153 Å². The van der Waals surface area contributed by atoms with E-state index in [0.717, 1.165) is 29.8 Å². The highest BCUT2D eigenvalue weighted by atomic mass is 16.5. The quantitative estimate of drug-likeness (QED) is 0.801. The molecule has 6 nitrogen and oxygen atoms in total. The molecule has 1 heterocycles. The lowest BCUT2D eigenvalue weighted by atomic mass is 10.1. The van der Waals surface area contributed by atoms with Gasteiger partial charge in [0.15, 0.2) is 0 Å². The van der Waals surface area contributed by atoms with Gasteiger partial charge in [-0.25, -0.2) is 4.99 Å². The van der Waals surface area contributed by atoms with E-state index in [1.165, 1.54) is 5.56 Å². The van der Waals surface area contributed by atoms with Crippen molar-refractivity contribution in [2.75, 3.05) is 19.0 Å². The van der Waals surface area contributed by atoms with Crippen LogP contribution in [0.5, 0.6) is 5.75 Å². The van der Waals surface area contributed by atoms with Gasteiger partial charge in [-0.15, -0.1) is 0 Å². The van der Waals surface area contributed by atoms with Gasteiger partial charge >= 0.3 is 0 Å². The molecule has 136 valence electrons. The molecular formula is C20H23N3O3. The van der Waals surface area contributed by atoms with Crippen molar-refractivity contribution >= 4 is 17.6 Å². The second-order valence-electron chi connectivity index (χ2n) is 6.24. The van der Waals surface area contributed by atoms with Gasteiger partial charge in [-0.3, -0.25) is 4.79 Å². The number of anilines is 1. The Bertz CT molecular complexity index is 770. The first-order chi connectivity index (χ1) is 12.6. The van der Waals surface area contributed by atoms with Crippen molar-refractivity contribution in [3.8, 4) is 5.75 Å². The third kappa shape index (κ3) is 4.99. The number of methoxy groups -OCH3 is 1. The van der Waals surface area contributed by atoms with Crippen molar-refractivity contribution in [1.82, 2.24) is 0 Å². The molecule has 0 unspecified atom stereocenters. The lowest BCUT2D eigenvalue weighted by Gasteiger charge is -2.08. The molecule has 3 rings (SSSR count). The van der Waals surface area contributed by atoms with Crippen molar-refractivity contribution in [2.45, 2.75) is 25.3 Å². The minimum Gasteiger partial charge on any atom is -0.497 e. The third-order valence-electron chi connectivity index (χ3n) is 4.26. The van der Waals surface area contributed by atoms with Crippen LogP contribution in [-0.2, 0) is 22.4 Å². The van der Waals surface area contributed by atoms with Gasteiger partial charge in [-0.2, -0.15) is 0 Å². The average Bonchev–Trinajstić information content (AvgIpc) is 3.07.